The van der Waals surface area contributed by atoms with E-state index in [0.29, 0.717) is 24.5 Å². The number of benzene rings is 2. The van der Waals surface area contributed by atoms with Crippen molar-refractivity contribution in [2.75, 3.05) is 23.4 Å². The van der Waals surface area contributed by atoms with Gasteiger partial charge in [0.2, 0.25) is 11.8 Å². The highest BCUT2D eigenvalue weighted by Gasteiger charge is 2.25. The maximum absolute atomic E-state index is 12.4. The van der Waals surface area contributed by atoms with Crippen molar-refractivity contribution in [3.05, 3.63) is 54.1 Å². The van der Waals surface area contributed by atoms with E-state index >= 15 is 0 Å². The molecule has 0 aliphatic carbocycles. The Balaban J connectivity index is 1.75. The molecule has 5 heteroatoms. The number of ether oxygens (including phenoxy) is 1. The van der Waals surface area contributed by atoms with Crippen LogP contribution in [0.15, 0.2) is 48.5 Å². The van der Waals surface area contributed by atoms with Crippen molar-refractivity contribution in [2.24, 2.45) is 0 Å². The number of nitrogens with one attached hydrogen (secondary N) is 1. The SMILES string of the molecule is CCOc1ccccc1NC(=O)CN1C(=O)CCc2ccccc21. The van der Waals surface area contributed by atoms with Gasteiger partial charge in [0.05, 0.1) is 12.3 Å². The molecule has 2 aromatic rings. The fourth-order valence-electron chi connectivity index (χ4n) is 2.85. The Labute approximate surface area is 141 Å². The first-order valence-electron chi connectivity index (χ1n) is 8.09. The molecule has 0 saturated carbocycles. The summed E-state index contributed by atoms with van der Waals surface area (Å²) < 4.78 is 5.51. The van der Waals surface area contributed by atoms with Crippen molar-refractivity contribution in [2.45, 2.75) is 19.8 Å². The van der Waals surface area contributed by atoms with E-state index in [1.807, 2.05) is 43.3 Å². The summed E-state index contributed by atoms with van der Waals surface area (Å²) in [6.45, 7) is 2.41. The van der Waals surface area contributed by atoms with Crippen LogP contribution in [0, 0.1) is 0 Å². The minimum absolute atomic E-state index is 0.00366. The first-order valence-corrected chi connectivity index (χ1v) is 8.09. The topological polar surface area (TPSA) is 58.6 Å². The Kier molecular flexibility index (Phi) is 4.79. The summed E-state index contributed by atoms with van der Waals surface area (Å²) >= 11 is 0. The second kappa shape index (κ2) is 7.17. The maximum Gasteiger partial charge on any atom is 0.244 e. The number of para-hydroxylation sites is 3. The van der Waals surface area contributed by atoms with Crippen molar-refractivity contribution < 1.29 is 14.3 Å². The molecule has 1 aliphatic rings. The number of aryl methyl sites for hydroxylation is 1. The minimum atomic E-state index is -0.243. The molecular formula is C19H20N2O3. The number of hydrogen-bond acceptors (Lipinski definition) is 3. The number of rotatable bonds is 5. The molecule has 1 heterocycles. The average Bonchev–Trinajstić information content (AvgIpc) is 2.59. The van der Waals surface area contributed by atoms with Gasteiger partial charge in [-0.05, 0) is 37.1 Å². The summed E-state index contributed by atoms with van der Waals surface area (Å²) in [6.07, 6.45) is 1.15. The summed E-state index contributed by atoms with van der Waals surface area (Å²) in [4.78, 5) is 26.2. The van der Waals surface area contributed by atoms with Crippen LogP contribution in [-0.2, 0) is 16.0 Å². The quantitative estimate of drug-likeness (QED) is 0.920. The van der Waals surface area contributed by atoms with Gasteiger partial charge in [-0.3, -0.25) is 9.59 Å². The number of nitrogens with zero attached hydrogens (tertiary/aromatic N) is 1. The summed E-state index contributed by atoms with van der Waals surface area (Å²) in [5.74, 6) is 0.355. The lowest BCUT2D eigenvalue weighted by atomic mass is 10.0. The van der Waals surface area contributed by atoms with Crippen LogP contribution in [0.5, 0.6) is 5.75 Å². The molecule has 0 atom stereocenters. The van der Waals surface area contributed by atoms with Crippen LogP contribution >= 0.6 is 0 Å². The van der Waals surface area contributed by atoms with Crippen molar-refractivity contribution >= 4 is 23.2 Å². The summed E-state index contributed by atoms with van der Waals surface area (Å²) in [5, 5.41) is 2.84. The maximum atomic E-state index is 12.4. The van der Waals surface area contributed by atoms with Crippen LogP contribution < -0.4 is 15.0 Å². The zero-order chi connectivity index (χ0) is 16.9. The molecular weight excluding hydrogens is 304 g/mol. The molecule has 3 rings (SSSR count). The third-order valence-electron chi connectivity index (χ3n) is 3.95. The molecule has 24 heavy (non-hydrogen) atoms. The predicted molar refractivity (Wildman–Crippen MR) is 93.4 cm³/mol. The lowest BCUT2D eigenvalue weighted by Crippen LogP contribution is -2.40. The lowest BCUT2D eigenvalue weighted by molar-refractivity contribution is -0.121. The Hall–Kier alpha value is -2.82. The van der Waals surface area contributed by atoms with Gasteiger partial charge in [0.15, 0.2) is 0 Å². The summed E-state index contributed by atoms with van der Waals surface area (Å²) in [7, 11) is 0. The van der Waals surface area contributed by atoms with Crippen molar-refractivity contribution in [3.8, 4) is 5.75 Å². The molecule has 1 aliphatic heterocycles. The number of carbonyl (C=O) groups is 2. The fourth-order valence-corrected chi connectivity index (χ4v) is 2.85. The van der Waals surface area contributed by atoms with Crippen LogP contribution in [0.1, 0.15) is 18.9 Å². The average molecular weight is 324 g/mol. The van der Waals surface area contributed by atoms with E-state index in [1.54, 1.807) is 17.0 Å². The van der Waals surface area contributed by atoms with E-state index < -0.39 is 0 Å². The Bertz CT molecular complexity index is 758. The van der Waals surface area contributed by atoms with Gasteiger partial charge in [-0.15, -0.1) is 0 Å². The zero-order valence-corrected chi connectivity index (χ0v) is 13.6. The van der Waals surface area contributed by atoms with E-state index in [4.69, 9.17) is 4.74 Å². The largest absolute Gasteiger partial charge is 0.492 e. The molecule has 0 unspecified atom stereocenters. The third-order valence-corrected chi connectivity index (χ3v) is 3.95. The third kappa shape index (κ3) is 3.40. The highest BCUT2D eigenvalue weighted by atomic mass is 16.5. The van der Waals surface area contributed by atoms with Crippen molar-refractivity contribution in [3.63, 3.8) is 0 Å². The predicted octanol–water partition coefficient (Wildman–Crippen LogP) is 3.00. The molecule has 5 nitrogen and oxygen atoms in total. The highest BCUT2D eigenvalue weighted by molar-refractivity contribution is 6.04. The molecule has 0 fully saturated rings. The van der Waals surface area contributed by atoms with Crippen molar-refractivity contribution in [1.29, 1.82) is 0 Å². The Morgan fingerprint density at radius 2 is 1.88 bits per heavy atom. The number of hydrogen-bond donors (Lipinski definition) is 1. The van der Waals surface area contributed by atoms with Gasteiger partial charge < -0.3 is 15.0 Å². The minimum Gasteiger partial charge on any atom is -0.492 e. The molecule has 0 radical (unpaired) electrons. The lowest BCUT2D eigenvalue weighted by Gasteiger charge is -2.28. The number of anilines is 2. The highest BCUT2D eigenvalue weighted by Crippen LogP contribution is 2.28. The summed E-state index contributed by atoms with van der Waals surface area (Å²) in [5.41, 5.74) is 2.53. The number of amides is 2. The van der Waals surface area contributed by atoms with E-state index in [-0.39, 0.29) is 18.4 Å². The van der Waals surface area contributed by atoms with E-state index in [0.717, 1.165) is 17.7 Å². The molecule has 124 valence electrons. The van der Waals surface area contributed by atoms with Gasteiger partial charge in [-0.2, -0.15) is 0 Å². The smallest absolute Gasteiger partial charge is 0.244 e. The Morgan fingerprint density at radius 1 is 1.12 bits per heavy atom. The zero-order valence-electron chi connectivity index (χ0n) is 13.6. The van der Waals surface area contributed by atoms with Gasteiger partial charge in [-0.25, -0.2) is 0 Å². The molecule has 0 spiro atoms. The van der Waals surface area contributed by atoms with Crippen LogP contribution in [0.4, 0.5) is 11.4 Å². The second-order valence-corrected chi connectivity index (χ2v) is 5.59. The van der Waals surface area contributed by atoms with Gasteiger partial charge >= 0.3 is 0 Å². The molecule has 0 bridgehead atoms. The molecule has 2 amide bonds. The standard InChI is InChI=1S/C19H20N2O3/c1-2-24-17-10-6-4-8-15(17)20-18(22)13-21-16-9-5-3-7-14(16)11-12-19(21)23/h3-10H,2,11-13H2,1H3,(H,20,22). The Morgan fingerprint density at radius 3 is 2.71 bits per heavy atom. The van der Waals surface area contributed by atoms with E-state index in [9.17, 15) is 9.59 Å². The van der Waals surface area contributed by atoms with Crippen LogP contribution in [0.3, 0.4) is 0 Å². The van der Waals surface area contributed by atoms with E-state index in [2.05, 4.69) is 5.32 Å². The first-order chi connectivity index (χ1) is 11.7. The van der Waals surface area contributed by atoms with Crippen LogP contribution in [0.2, 0.25) is 0 Å². The van der Waals surface area contributed by atoms with Gasteiger partial charge in [-0.1, -0.05) is 30.3 Å². The molecule has 2 aromatic carbocycles. The molecule has 1 N–H and O–H groups in total. The first kappa shape index (κ1) is 16.1. The molecule has 0 saturated heterocycles. The monoisotopic (exact) mass is 324 g/mol. The van der Waals surface area contributed by atoms with Gasteiger partial charge in [0.1, 0.15) is 12.3 Å². The van der Waals surface area contributed by atoms with Crippen molar-refractivity contribution in [1.82, 2.24) is 0 Å². The normalized spacial score (nSPS) is 13.4. The van der Waals surface area contributed by atoms with Gasteiger partial charge in [0.25, 0.3) is 0 Å². The molecule has 0 aromatic heterocycles. The second-order valence-electron chi connectivity index (χ2n) is 5.59. The van der Waals surface area contributed by atoms with Gasteiger partial charge in [0, 0.05) is 12.1 Å². The number of fused-ring (bicyclic) bond motifs is 1. The van der Waals surface area contributed by atoms with Crippen LogP contribution in [0.25, 0.3) is 0 Å². The fraction of sp³-hybridized carbons (Fsp3) is 0.263. The van der Waals surface area contributed by atoms with E-state index in [1.165, 1.54) is 0 Å². The summed E-state index contributed by atoms with van der Waals surface area (Å²) in [6, 6.07) is 15.0. The van der Waals surface area contributed by atoms with Crippen LogP contribution in [-0.4, -0.2) is 25.0 Å². The number of carbonyl (C=O) groups excluding carboxylic acids is 2.